The summed E-state index contributed by atoms with van der Waals surface area (Å²) in [6.45, 7) is 3.48. The van der Waals surface area contributed by atoms with Gasteiger partial charge in [0.05, 0.1) is 21.6 Å². The van der Waals surface area contributed by atoms with Crippen molar-refractivity contribution in [2.45, 2.75) is 62.3 Å². The van der Waals surface area contributed by atoms with Crippen LogP contribution in [0, 0.1) is 22.0 Å². The Hall–Kier alpha value is -6.01. The van der Waals surface area contributed by atoms with Crippen molar-refractivity contribution < 1.29 is 27.6 Å². The van der Waals surface area contributed by atoms with E-state index in [0.717, 1.165) is 79.8 Å². The molecule has 2 aromatic heterocycles. The highest BCUT2D eigenvalue weighted by Gasteiger charge is 2.35. The average Bonchev–Trinajstić information content (AvgIpc) is 3.83. The number of rotatable bonds is 14. The molecule has 0 radical (unpaired) electrons. The molecule has 3 N–H and O–H groups in total. The maximum absolute atomic E-state index is 13.9. The molecule has 2 saturated heterocycles. The van der Waals surface area contributed by atoms with Gasteiger partial charge in [-0.05, 0) is 141 Å². The first-order valence-corrected chi connectivity index (χ1v) is 22.2. The molecule has 1 atom stereocenters. The Morgan fingerprint density at radius 1 is 1.08 bits per heavy atom. The highest BCUT2D eigenvalue weighted by atomic mass is 32.2. The molecule has 0 bridgehead atoms. The standard InChI is InChI=1S/C46H46N6O7S/c53-46(50-60(56,57)37-13-15-41(43(26-37)52(54)55)48-27-30-17-21-58-22-18-30)40-14-12-34(25-44(40)59-36-24-35-16-19-47-45(35)49-28-36)33-6-3-5-31(23-33)29-51-20-4-9-42(51)39-8-2-1-7-38(39)32-10-11-32/h1,6-7,12-16,19,23-26,28,30,32,42,48H,2,4,8-11,17-18,20-22,27,29H2,(H,47,49)(H,50,53). The van der Waals surface area contributed by atoms with Gasteiger partial charge in [0, 0.05) is 55.6 Å². The number of fused-ring (bicyclic) bond motifs is 1. The lowest BCUT2D eigenvalue weighted by molar-refractivity contribution is -0.384. The van der Waals surface area contributed by atoms with Gasteiger partial charge in [-0.3, -0.25) is 19.8 Å². The second-order valence-corrected chi connectivity index (χ2v) is 17.8. The number of aromatic nitrogens is 2. The molecule has 3 aliphatic carbocycles. The molecular weight excluding hydrogens is 781 g/mol. The lowest BCUT2D eigenvalue weighted by Crippen LogP contribution is -2.33. The Morgan fingerprint density at radius 2 is 1.95 bits per heavy atom. The third-order valence-electron chi connectivity index (χ3n) is 12.0. The molecule has 9 rings (SSSR count). The van der Waals surface area contributed by atoms with Gasteiger partial charge in [-0.25, -0.2) is 18.1 Å². The fourth-order valence-electron chi connectivity index (χ4n) is 8.70. The predicted octanol–water partition coefficient (Wildman–Crippen LogP) is 8.38. The highest BCUT2D eigenvalue weighted by Crippen LogP contribution is 2.44. The van der Waals surface area contributed by atoms with Crippen LogP contribution in [0.3, 0.4) is 0 Å². The molecule has 60 heavy (non-hydrogen) atoms. The van der Waals surface area contributed by atoms with E-state index in [-0.39, 0.29) is 22.9 Å². The molecule has 1 amide bonds. The van der Waals surface area contributed by atoms with Crippen LogP contribution in [0.15, 0.2) is 118 Å². The molecule has 1 unspecified atom stereocenters. The van der Waals surface area contributed by atoms with E-state index in [1.54, 1.807) is 35.5 Å². The van der Waals surface area contributed by atoms with Crippen LogP contribution in [-0.4, -0.2) is 73.0 Å². The number of nitrogens with zero attached hydrogens (tertiary/aromatic N) is 3. The third-order valence-corrected chi connectivity index (χ3v) is 13.3. The fraction of sp³-hybridized carbons (Fsp3) is 0.348. The first kappa shape index (κ1) is 39.5. The smallest absolute Gasteiger partial charge is 0.293 e. The fourth-order valence-corrected chi connectivity index (χ4v) is 9.69. The van der Waals surface area contributed by atoms with E-state index in [4.69, 9.17) is 9.47 Å². The molecule has 13 nitrogen and oxygen atoms in total. The molecule has 5 aliphatic rings. The van der Waals surface area contributed by atoms with Gasteiger partial charge in [-0.2, -0.15) is 0 Å². The first-order chi connectivity index (χ1) is 29.2. The molecule has 308 valence electrons. The van der Waals surface area contributed by atoms with Crippen LogP contribution in [0.2, 0.25) is 0 Å². The van der Waals surface area contributed by atoms with E-state index in [0.29, 0.717) is 43.1 Å². The zero-order chi connectivity index (χ0) is 41.2. The number of sulfonamides is 1. The van der Waals surface area contributed by atoms with Crippen LogP contribution >= 0.6 is 0 Å². The number of pyridine rings is 1. The number of amides is 1. The number of nitro benzene ring substituents is 1. The Balaban J connectivity index is 0.970. The van der Waals surface area contributed by atoms with Gasteiger partial charge < -0.3 is 19.8 Å². The topological polar surface area (TPSA) is 169 Å². The molecule has 2 aromatic carbocycles. The third kappa shape index (κ3) is 8.65. The van der Waals surface area contributed by atoms with E-state index in [1.807, 2.05) is 12.1 Å². The monoisotopic (exact) mass is 826 g/mol. The largest absolute Gasteiger partial charge is 0.455 e. The number of hydrogen-bond donors (Lipinski definition) is 3. The summed E-state index contributed by atoms with van der Waals surface area (Å²) < 4.78 is 41.2. The molecule has 4 heterocycles. The molecule has 4 aromatic rings. The van der Waals surface area contributed by atoms with E-state index in [1.165, 1.54) is 37.2 Å². The molecule has 2 aliphatic heterocycles. The van der Waals surface area contributed by atoms with Gasteiger partial charge in [0.2, 0.25) is 0 Å². The summed E-state index contributed by atoms with van der Waals surface area (Å²) in [5.41, 5.74) is 12.6. The van der Waals surface area contributed by atoms with Gasteiger partial charge in [0.25, 0.3) is 21.6 Å². The number of carbonyl (C=O) groups excluding carboxylic acids is 1. The van der Waals surface area contributed by atoms with Crippen molar-refractivity contribution in [1.29, 1.82) is 0 Å². The summed E-state index contributed by atoms with van der Waals surface area (Å²) in [7, 11) is -4.57. The zero-order valence-corrected chi connectivity index (χ0v) is 33.9. The number of likely N-dealkylation sites (tertiary alicyclic amines) is 1. The number of aromatic amines is 1. The normalized spacial score (nSPS) is 19.7. The van der Waals surface area contributed by atoms with Crippen LogP contribution in [-0.2, 0) is 14.8 Å². The van der Waals surface area contributed by atoms with Gasteiger partial charge in [0.1, 0.15) is 22.8 Å². The number of allylic oxidation sites excluding steroid dienone is 5. The van der Waals surface area contributed by atoms with Crippen LogP contribution in [0.25, 0.3) is 16.6 Å². The molecule has 3 fully saturated rings. The predicted molar refractivity (Wildman–Crippen MR) is 228 cm³/mol. The Bertz CT molecular complexity index is 2670. The summed E-state index contributed by atoms with van der Waals surface area (Å²) in [6.07, 6.45) is 20.6. The lowest BCUT2D eigenvalue weighted by Gasteiger charge is -2.30. The Labute approximate surface area is 348 Å². The van der Waals surface area contributed by atoms with Gasteiger partial charge in [0.15, 0.2) is 0 Å². The van der Waals surface area contributed by atoms with Crippen molar-refractivity contribution in [2.24, 2.45) is 11.8 Å². The highest BCUT2D eigenvalue weighted by molar-refractivity contribution is 7.90. The number of nitrogens with one attached hydrogen (secondary N) is 3. The molecule has 1 saturated carbocycles. The van der Waals surface area contributed by atoms with E-state index in [9.17, 15) is 23.3 Å². The van der Waals surface area contributed by atoms with Gasteiger partial charge >= 0.3 is 0 Å². The summed E-state index contributed by atoms with van der Waals surface area (Å²) in [4.78, 5) is 35.0. The summed E-state index contributed by atoms with van der Waals surface area (Å²) in [6, 6.07) is 12.5. The quantitative estimate of drug-likeness (QED) is 0.0638. The van der Waals surface area contributed by atoms with Crippen molar-refractivity contribution in [2.75, 3.05) is 38.2 Å². The second kappa shape index (κ2) is 16.9. The maximum atomic E-state index is 13.9. The number of ether oxygens (including phenoxy) is 2. The van der Waals surface area contributed by atoms with Gasteiger partial charge in [-0.15, -0.1) is 0 Å². The SMILES string of the molecule is O=C(NS(=O)(=O)c1ccc(NCC2CCOCC2)c([N+](=O)[O-])c1)c1ccc(C2=CC(CN3CCCC3C3=C(C4CC4)C=CCC3)=C=C=C2)cc1Oc1cnc2[nH]ccc2c1. The first-order valence-electron chi connectivity index (χ1n) is 20.7. The summed E-state index contributed by atoms with van der Waals surface area (Å²) >= 11 is 0. The van der Waals surface area contributed by atoms with Crippen LogP contribution in [0.1, 0.15) is 67.3 Å². The minimum Gasteiger partial charge on any atom is -0.455 e. The van der Waals surface area contributed by atoms with Crippen LogP contribution in [0.4, 0.5) is 11.4 Å². The lowest BCUT2D eigenvalue weighted by atomic mass is 9.88. The van der Waals surface area contributed by atoms with E-state index >= 15 is 0 Å². The zero-order valence-electron chi connectivity index (χ0n) is 33.1. The summed E-state index contributed by atoms with van der Waals surface area (Å²) in [5, 5.41) is 16.0. The number of hydrogen-bond acceptors (Lipinski definition) is 10. The van der Waals surface area contributed by atoms with Crippen molar-refractivity contribution in [1.82, 2.24) is 19.6 Å². The average molecular weight is 827 g/mol. The maximum Gasteiger partial charge on any atom is 0.293 e. The van der Waals surface area contributed by atoms with Crippen LogP contribution in [0.5, 0.6) is 11.5 Å². The number of benzene rings is 2. The minimum absolute atomic E-state index is 0.0615. The van der Waals surface area contributed by atoms with Gasteiger partial charge in [-0.1, -0.05) is 29.7 Å². The van der Waals surface area contributed by atoms with Crippen molar-refractivity contribution >= 4 is 43.9 Å². The minimum atomic E-state index is -4.57. The van der Waals surface area contributed by atoms with Crippen molar-refractivity contribution in [3.8, 4) is 11.5 Å². The van der Waals surface area contributed by atoms with E-state index in [2.05, 4.69) is 54.6 Å². The molecule has 0 spiro atoms. The Morgan fingerprint density at radius 3 is 2.78 bits per heavy atom. The second-order valence-electron chi connectivity index (χ2n) is 16.1. The number of H-pyrrole nitrogens is 1. The molecular formula is C46H46N6O7S. The van der Waals surface area contributed by atoms with Crippen molar-refractivity contribution in [3.63, 3.8) is 0 Å². The van der Waals surface area contributed by atoms with Crippen LogP contribution < -0.4 is 14.8 Å². The molecule has 14 heteroatoms. The number of carbonyl (C=O) groups is 1. The van der Waals surface area contributed by atoms with Crippen molar-refractivity contribution in [3.05, 3.63) is 135 Å². The number of anilines is 1. The Kier molecular flexibility index (Phi) is 11.1. The van der Waals surface area contributed by atoms with E-state index < -0.39 is 31.4 Å². The number of nitro groups is 1. The summed E-state index contributed by atoms with van der Waals surface area (Å²) in [5.74, 6) is 0.445.